The summed E-state index contributed by atoms with van der Waals surface area (Å²) in [5.74, 6) is 0.133. The van der Waals surface area contributed by atoms with Gasteiger partial charge in [-0.05, 0) is 56.9 Å². The van der Waals surface area contributed by atoms with Crippen molar-refractivity contribution in [3.8, 4) is 17.1 Å². The number of carbonyl (C=O) groups excluding carboxylic acids is 1. The van der Waals surface area contributed by atoms with Gasteiger partial charge in [0.2, 0.25) is 5.88 Å². The van der Waals surface area contributed by atoms with Crippen molar-refractivity contribution in [2.45, 2.75) is 50.5 Å². The van der Waals surface area contributed by atoms with Crippen LogP contribution in [0.25, 0.3) is 22.3 Å². The number of carbonyl (C=O) groups is 1. The van der Waals surface area contributed by atoms with Crippen LogP contribution in [0.3, 0.4) is 0 Å². The summed E-state index contributed by atoms with van der Waals surface area (Å²) in [5, 5.41) is 6.52. The van der Waals surface area contributed by atoms with Crippen LogP contribution in [0, 0.1) is 12.7 Å². The number of aromatic nitrogens is 3. The van der Waals surface area contributed by atoms with Gasteiger partial charge >= 0.3 is 0 Å². The van der Waals surface area contributed by atoms with Gasteiger partial charge in [0.05, 0.1) is 22.5 Å². The molecule has 7 rings (SSSR count). The van der Waals surface area contributed by atoms with Gasteiger partial charge in [-0.1, -0.05) is 12.5 Å². The van der Waals surface area contributed by atoms with Crippen LogP contribution in [-0.4, -0.2) is 33.5 Å². The van der Waals surface area contributed by atoms with E-state index in [1.54, 1.807) is 19.2 Å². The van der Waals surface area contributed by atoms with Crippen LogP contribution in [-0.2, 0) is 5.41 Å². The third kappa shape index (κ3) is 3.27. The summed E-state index contributed by atoms with van der Waals surface area (Å²) in [6.07, 6.45) is 7.19. The molecule has 3 aromatic heterocycles. The maximum absolute atomic E-state index is 14.4. The van der Waals surface area contributed by atoms with E-state index in [4.69, 9.17) is 9.72 Å². The fourth-order valence-corrected chi connectivity index (χ4v) is 5.42. The highest BCUT2D eigenvalue weighted by Gasteiger charge is 2.47. The fraction of sp³-hybridized carbons (Fsp3) is 0.321. The van der Waals surface area contributed by atoms with Gasteiger partial charge in [-0.2, -0.15) is 0 Å². The van der Waals surface area contributed by atoms with Crippen LogP contribution in [0.2, 0.25) is 0 Å². The average molecular weight is 484 g/mol. The number of H-pyrrole nitrogens is 1. The number of amides is 1. The van der Waals surface area contributed by atoms with Crippen molar-refractivity contribution in [1.29, 1.82) is 0 Å². The summed E-state index contributed by atoms with van der Waals surface area (Å²) >= 11 is 0. The largest absolute Gasteiger partial charge is 0.474 e. The number of rotatable bonds is 5. The molecule has 1 amide bonds. The Morgan fingerprint density at radius 2 is 2.03 bits per heavy atom. The minimum Gasteiger partial charge on any atom is -0.474 e. The molecular weight excluding hydrogens is 457 g/mol. The van der Waals surface area contributed by atoms with Crippen molar-refractivity contribution in [3.05, 3.63) is 65.2 Å². The Balaban J connectivity index is 1.45. The molecule has 4 heterocycles. The maximum atomic E-state index is 14.4. The number of aromatic amines is 1. The molecule has 7 nitrogen and oxygen atoms in total. The van der Waals surface area contributed by atoms with E-state index >= 15 is 0 Å². The van der Waals surface area contributed by atoms with Crippen molar-refractivity contribution >= 4 is 28.3 Å². The minimum atomic E-state index is -0.302. The van der Waals surface area contributed by atoms with Gasteiger partial charge in [0.25, 0.3) is 5.91 Å². The van der Waals surface area contributed by atoms with E-state index in [9.17, 15) is 9.18 Å². The van der Waals surface area contributed by atoms with Gasteiger partial charge < -0.3 is 20.4 Å². The second kappa shape index (κ2) is 7.78. The van der Waals surface area contributed by atoms with Gasteiger partial charge in [-0.15, -0.1) is 0 Å². The van der Waals surface area contributed by atoms with Crippen molar-refractivity contribution in [2.75, 3.05) is 11.9 Å². The van der Waals surface area contributed by atoms with Crippen LogP contribution >= 0.6 is 0 Å². The first-order valence-corrected chi connectivity index (χ1v) is 12.5. The van der Waals surface area contributed by atoms with Gasteiger partial charge in [0, 0.05) is 46.7 Å². The van der Waals surface area contributed by atoms with Gasteiger partial charge in [-0.25, -0.2) is 9.37 Å². The van der Waals surface area contributed by atoms with Crippen molar-refractivity contribution in [2.24, 2.45) is 0 Å². The number of hydrogen-bond acceptors (Lipinski definition) is 5. The maximum Gasteiger partial charge on any atom is 0.255 e. The molecule has 1 spiro atoms. The molecule has 3 N–H and O–H groups in total. The lowest BCUT2D eigenvalue weighted by molar-refractivity contribution is 0.0894. The molecule has 3 aliphatic rings. The molecule has 2 aliphatic carbocycles. The Morgan fingerprint density at radius 1 is 1.17 bits per heavy atom. The third-order valence-corrected chi connectivity index (χ3v) is 7.82. The second-order valence-electron chi connectivity index (χ2n) is 10.2. The van der Waals surface area contributed by atoms with Crippen molar-refractivity contribution in [1.82, 2.24) is 20.3 Å². The summed E-state index contributed by atoms with van der Waals surface area (Å²) < 4.78 is 20.4. The molecule has 2 saturated carbocycles. The highest BCUT2D eigenvalue weighted by atomic mass is 19.1. The zero-order valence-electron chi connectivity index (χ0n) is 20.0. The molecule has 0 saturated heterocycles. The molecule has 0 bridgehead atoms. The monoisotopic (exact) mass is 483 g/mol. The Labute approximate surface area is 207 Å². The van der Waals surface area contributed by atoms with Crippen LogP contribution in [0.5, 0.6) is 5.88 Å². The highest BCUT2D eigenvalue weighted by molar-refractivity contribution is 6.08. The third-order valence-electron chi connectivity index (χ3n) is 7.82. The molecule has 4 aromatic rings. The lowest BCUT2D eigenvalue weighted by Gasteiger charge is -2.44. The lowest BCUT2D eigenvalue weighted by atomic mass is 9.64. The smallest absolute Gasteiger partial charge is 0.255 e. The first-order valence-electron chi connectivity index (χ1n) is 12.5. The molecular formula is C28H26FN5O2. The number of ether oxygens (including phenoxy) is 1. The predicted octanol–water partition coefficient (Wildman–Crippen LogP) is 5.52. The lowest BCUT2D eigenvalue weighted by Crippen LogP contribution is -2.50. The van der Waals surface area contributed by atoms with E-state index in [0.29, 0.717) is 40.4 Å². The first kappa shape index (κ1) is 21.4. The molecule has 0 unspecified atom stereocenters. The van der Waals surface area contributed by atoms with E-state index in [0.717, 1.165) is 54.6 Å². The van der Waals surface area contributed by atoms with Gasteiger partial charge in [-0.3, -0.25) is 9.78 Å². The van der Waals surface area contributed by atoms with Gasteiger partial charge in [0.1, 0.15) is 17.4 Å². The van der Waals surface area contributed by atoms with E-state index in [1.807, 2.05) is 24.3 Å². The number of anilines is 2. The van der Waals surface area contributed by atoms with Crippen LogP contribution in [0.1, 0.15) is 53.7 Å². The molecule has 182 valence electrons. The van der Waals surface area contributed by atoms with E-state index in [1.165, 1.54) is 6.07 Å². The number of hydrogen-bond donors (Lipinski definition) is 3. The number of nitrogens with one attached hydrogen (secondary N) is 3. The summed E-state index contributed by atoms with van der Waals surface area (Å²) in [4.78, 5) is 26.2. The number of fused-ring (bicyclic) bond motifs is 3. The molecule has 2 fully saturated rings. The Morgan fingerprint density at radius 3 is 2.81 bits per heavy atom. The molecule has 1 aromatic carbocycles. The number of benzene rings is 1. The first-order chi connectivity index (χ1) is 17.5. The SMILES string of the molecule is Cc1c(F)cccc1Nc1c(-c2ccnc3ccc(OC4CC4)nc23)[nH]c2c1C(=O)NCC21CCC1. The van der Waals surface area contributed by atoms with Gasteiger partial charge in [0.15, 0.2) is 0 Å². The van der Waals surface area contributed by atoms with Crippen LogP contribution in [0.15, 0.2) is 42.6 Å². The Hall–Kier alpha value is -3.94. The fourth-order valence-electron chi connectivity index (χ4n) is 5.42. The van der Waals surface area contributed by atoms with E-state index in [2.05, 4.69) is 20.6 Å². The zero-order valence-corrected chi connectivity index (χ0v) is 20.0. The molecule has 0 radical (unpaired) electrons. The normalized spacial score (nSPS) is 18.0. The molecule has 1 aliphatic heterocycles. The summed E-state index contributed by atoms with van der Waals surface area (Å²) in [5.41, 5.74) is 6.15. The topological polar surface area (TPSA) is 91.9 Å². The van der Waals surface area contributed by atoms with Crippen LogP contribution < -0.4 is 15.4 Å². The Bertz CT molecular complexity index is 1540. The molecule has 8 heteroatoms. The quantitative estimate of drug-likeness (QED) is 0.348. The van der Waals surface area contributed by atoms with E-state index < -0.39 is 0 Å². The number of nitrogens with zero attached hydrogens (tertiary/aromatic N) is 2. The number of halogens is 1. The number of pyridine rings is 2. The predicted molar refractivity (Wildman–Crippen MR) is 135 cm³/mol. The summed E-state index contributed by atoms with van der Waals surface area (Å²) in [6, 6.07) is 10.6. The summed E-state index contributed by atoms with van der Waals surface area (Å²) in [7, 11) is 0. The minimum absolute atomic E-state index is 0.106. The second-order valence-corrected chi connectivity index (χ2v) is 10.2. The molecule has 0 atom stereocenters. The Kier molecular flexibility index (Phi) is 4.61. The summed E-state index contributed by atoms with van der Waals surface area (Å²) in [6.45, 7) is 2.35. The molecule has 36 heavy (non-hydrogen) atoms. The van der Waals surface area contributed by atoms with Crippen LogP contribution in [0.4, 0.5) is 15.8 Å². The van der Waals surface area contributed by atoms with Crippen molar-refractivity contribution < 1.29 is 13.9 Å². The standard InChI is InChI=1S/C28H26FN5O2/c1-15-18(29)4-2-5-19(15)32-25-22-26(28(11-3-12-28)14-31-27(22)35)34-24(25)17-10-13-30-20-8-9-21(33-23(17)20)36-16-6-7-16/h2,4-5,8-10,13,16,32,34H,3,6-7,11-12,14H2,1H3,(H,31,35). The zero-order chi connectivity index (χ0) is 24.4. The highest BCUT2D eigenvalue weighted by Crippen LogP contribution is 2.50. The van der Waals surface area contributed by atoms with E-state index in [-0.39, 0.29) is 23.2 Å². The average Bonchev–Trinajstić information content (AvgIpc) is 3.59. The van der Waals surface area contributed by atoms with Crippen molar-refractivity contribution in [3.63, 3.8) is 0 Å².